The monoisotopic (exact) mass is 765 g/mol. The van der Waals surface area contributed by atoms with Crippen LogP contribution in [0.5, 0.6) is 0 Å². The first-order chi connectivity index (χ1) is 29.7. The quantitative estimate of drug-likeness (QED) is 0.169. The molecular formula is C55H35N5. The summed E-state index contributed by atoms with van der Waals surface area (Å²) < 4.78 is 4.78. The molecule has 3 heterocycles. The number of fused-ring (bicyclic) bond motifs is 7. The Hall–Kier alpha value is -8.15. The van der Waals surface area contributed by atoms with E-state index in [9.17, 15) is 0 Å². The number of para-hydroxylation sites is 3. The highest BCUT2D eigenvalue weighted by Gasteiger charge is 2.19. The molecule has 0 fully saturated rings. The average Bonchev–Trinajstić information content (AvgIpc) is 3.84. The predicted molar refractivity (Wildman–Crippen MR) is 248 cm³/mol. The van der Waals surface area contributed by atoms with Gasteiger partial charge in [-0.15, -0.1) is 0 Å². The van der Waals surface area contributed by atoms with Gasteiger partial charge in [0.25, 0.3) is 0 Å². The predicted octanol–water partition coefficient (Wildman–Crippen LogP) is 13.9. The normalized spacial score (nSPS) is 11.7. The maximum absolute atomic E-state index is 5.24. The fourth-order valence-corrected chi connectivity index (χ4v) is 8.92. The molecule has 0 radical (unpaired) electrons. The molecule has 280 valence electrons. The SMILES string of the molecule is c1ccc(-c2cc(-c3nc(-c4ccccc4)nc(-c4ccc5ccccc5c4)n3)cc(-n3c4ccccc4c4cc(-n5c6ccccc6c6ccccc65)ccc43)c2)cc1. The molecule has 0 bridgehead atoms. The van der Waals surface area contributed by atoms with Crippen LogP contribution in [0.15, 0.2) is 212 Å². The molecule has 0 aliphatic rings. The van der Waals surface area contributed by atoms with Crippen molar-refractivity contribution in [1.82, 2.24) is 24.1 Å². The van der Waals surface area contributed by atoms with Crippen LogP contribution in [0.3, 0.4) is 0 Å². The van der Waals surface area contributed by atoms with Gasteiger partial charge in [0.1, 0.15) is 0 Å². The second kappa shape index (κ2) is 13.8. The number of hydrogen-bond donors (Lipinski definition) is 0. The lowest BCUT2D eigenvalue weighted by atomic mass is 10.0. The van der Waals surface area contributed by atoms with Gasteiger partial charge in [-0.2, -0.15) is 0 Å². The Bertz CT molecular complexity index is 3550. The van der Waals surface area contributed by atoms with Crippen LogP contribution in [-0.4, -0.2) is 24.1 Å². The fraction of sp³-hybridized carbons (Fsp3) is 0. The van der Waals surface area contributed by atoms with E-state index in [0.29, 0.717) is 17.5 Å². The molecule has 12 aromatic rings. The number of hydrogen-bond acceptors (Lipinski definition) is 3. The minimum absolute atomic E-state index is 0.612. The zero-order valence-corrected chi connectivity index (χ0v) is 32.4. The minimum atomic E-state index is 0.612. The lowest BCUT2D eigenvalue weighted by Crippen LogP contribution is -2.02. The molecule has 0 aliphatic heterocycles. The summed E-state index contributed by atoms with van der Waals surface area (Å²) in [5, 5.41) is 7.18. The van der Waals surface area contributed by atoms with Gasteiger partial charge < -0.3 is 9.13 Å². The van der Waals surface area contributed by atoms with E-state index in [1.54, 1.807) is 0 Å². The highest BCUT2D eigenvalue weighted by molar-refractivity contribution is 6.12. The summed E-state index contributed by atoms with van der Waals surface area (Å²) in [6.07, 6.45) is 0. The minimum Gasteiger partial charge on any atom is -0.309 e. The first kappa shape index (κ1) is 33.9. The van der Waals surface area contributed by atoms with Gasteiger partial charge in [0.05, 0.1) is 22.1 Å². The van der Waals surface area contributed by atoms with Crippen LogP contribution in [0.4, 0.5) is 0 Å². The van der Waals surface area contributed by atoms with Crippen LogP contribution < -0.4 is 0 Å². The molecule has 5 heteroatoms. The van der Waals surface area contributed by atoms with Crippen LogP contribution in [0, 0.1) is 0 Å². The molecule has 0 saturated carbocycles. The molecule has 0 atom stereocenters. The van der Waals surface area contributed by atoms with E-state index in [0.717, 1.165) is 55.6 Å². The van der Waals surface area contributed by atoms with Gasteiger partial charge in [-0.3, -0.25) is 0 Å². The molecule has 0 saturated heterocycles. The maximum atomic E-state index is 5.24. The summed E-state index contributed by atoms with van der Waals surface area (Å²) >= 11 is 0. The summed E-state index contributed by atoms with van der Waals surface area (Å²) in [6, 6.07) is 75.2. The van der Waals surface area contributed by atoms with Crippen LogP contribution >= 0.6 is 0 Å². The Morgan fingerprint density at radius 3 is 1.40 bits per heavy atom. The number of rotatable bonds is 6. The van der Waals surface area contributed by atoms with E-state index in [1.807, 2.05) is 18.2 Å². The van der Waals surface area contributed by atoms with Crippen molar-refractivity contribution in [3.8, 4) is 56.7 Å². The summed E-state index contributed by atoms with van der Waals surface area (Å²) in [5.74, 6) is 1.87. The lowest BCUT2D eigenvalue weighted by Gasteiger charge is -2.15. The van der Waals surface area contributed by atoms with E-state index in [1.165, 1.54) is 38.0 Å². The van der Waals surface area contributed by atoms with Gasteiger partial charge in [-0.05, 0) is 82.6 Å². The zero-order valence-electron chi connectivity index (χ0n) is 32.4. The van der Waals surface area contributed by atoms with Gasteiger partial charge in [0, 0.05) is 49.6 Å². The Kier molecular flexibility index (Phi) is 7.78. The summed E-state index contributed by atoms with van der Waals surface area (Å²) in [5.41, 5.74) is 11.7. The Labute approximate surface area is 346 Å². The van der Waals surface area contributed by atoms with Gasteiger partial charge in [0.15, 0.2) is 17.5 Å². The smallest absolute Gasteiger partial charge is 0.164 e. The molecule has 12 rings (SSSR count). The van der Waals surface area contributed by atoms with Gasteiger partial charge in [0.2, 0.25) is 0 Å². The first-order valence-electron chi connectivity index (χ1n) is 20.3. The first-order valence-corrected chi connectivity index (χ1v) is 20.3. The summed E-state index contributed by atoms with van der Waals surface area (Å²) in [4.78, 5) is 15.5. The zero-order chi connectivity index (χ0) is 39.6. The highest BCUT2D eigenvalue weighted by atomic mass is 15.0. The average molecular weight is 766 g/mol. The Morgan fingerprint density at radius 1 is 0.250 bits per heavy atom. The van der Waals surface area contributed by atoms with Crippen molar-refractivity contribution >= 4 is 54.4 Å². The van der Waals surface area contributed by atoms with Crippen molar-refractivity contribution in [2.24, 2.45) is 0 Å². The van der Waals surface area contributed by atoms with Crippen molar-refractivity contribution in [1.29, 1.82) is 0 Å². The Balaban J connectivity index is 1.09. The molecule has 0 N–H and O–H groups in total. The van der Waals surface area contributed by atoms with Crippen LogP contribution in [-0.2, 0) is 0 Å². The number of nitrogens with zero attached hydrogens (tertiary/aromatic N) is 5. The van der Waals surface area contributed by atoms with E-state index in [2.05, 4.69) is 203 Å². The van der Waals surface area contributed by atoms with E-state index in [4.69, 9.17) is 15.0 Å². The molecular weight excluding hydrogens is 731 g/mol. The molecule has 0 aliphatic carbocycles. The van der Waals surface area contributed by atoms with Crippen molar-refractivity contribution in [2.75, 3.05) is 0 Å². The second-order valence-electron chi connectivity index (χ2n) is 15.3. The molecule has 0 spiro atoms. The van der Waals surface area contributed by atoms with Crippen molar-refractivity contribution in [3.05, 3.63) is 212 Å². The molecule has 5 nitrogen and oxygen atoms in total. The van der Waals surface area contributed by atoms with Crippen LogP contribution in [0.25, 0.3) is 111 Å². The maximum Gasteiger partial charge on any atom is 0.164 e. The lowest BCUT2D eigenvalue weighted by molar-refractivity contribution is 1.07. The molecule has 3 aromatic heterocycles. The fourth-order valence-electron chi connectivity index (χ4n) is 8.92. The number of benzene rings is 9. The van der Waals surface area contributed by atoms with Gasteiger partial charge in [-0.1, -0.05) is 152 Å². The third kappa shape index (κ3) is 5.59. The largest absolute Gasteiger partial charge is 0.309 e. The number of aromatic nitrogens is 5. The van der Waals surface area contributed by atoms with Crippen molar-refractivity contribution < 1.29 is 0 Å². The third-order valence-electron chi connectivity index (χ3n) is 11.7. The summed E-state index contributed by atoms with van der Waals surface area (Å²) in [7, 11) is 0. The van der Waals surface area contributed by atoms with E-state index >= 15 is 0 Å². The standard InChI is InChI=1S/C55H35N5/c1-3-15-36(16-4-1)41-32-42(55-57-53(38-18-5-2-6-19-38)56-54(58-55)40-28-27-37-17-7-8-20-39(37)31-40)34-44(33-41)60-51-26-14-11-23-47(51)48-35-43(29-30-52(48)60)59-49-24-12-9-21-45(49)46-22-10-13-25-50(46)59/h1-35H. The van der Waals surface area contributed by atoms with Crippen LogP contribution in [0.2, 0.25) is 0 Å². The highest BCUT2D eigenvalue weighted by Crippen LogP contribution is 2.39. The Morgan fingerprint density at radius 2 is 0.733 bits per heavy atom. The van der Waals surface area contributed by atoms with E-state index in [-0.39, 0.29) is 0 Å². The van der Waals surface area contributed by atoms with Gasteiger partial charge >= 0.3 is 0 Å². The second-order valence-corrected chi connectivity index (χ2v) is 15.3. The third-order valence-corrected chi connectivity index (χ3v) is 11.7. The van der Waals surface area contributed by atoms with Gasteiger partial charge in [-0.25, -0.2) is 15.0 Å². The topological polar surface area (TPSA) is 48.5 Å². The summed E-state index contributed by atoms with van der Waals surface area (Å²) in [6.45, 7) is 0. The molecule has 0 amide bonds. The molecule has 0 unspecified atom stereocenters. The molecule has 60 heavy (non-hydrogen) atoms. The van der Waals surface area contributed by atoms with Crippen molar-refractivity contribution in [2.45, 2.75) is 0 Å². The van der Waals surface area contributed by atoms with E-state index < -0.39 is 0 Å². The molecule has 9 aromatic carbocycles. The van der Waals surface area contributed by atoms with Crippen LogP contribution in [0.1, 0.15) is 0 Å². The van der Waals surface area contributed by atoms with Crippen molar-refractivity contribution in [3.63, 3.8) is 0 Å².